The first-order valence-corrected chi connectivity index (χ1v) is 8.94. The highest BCUT2D eigenvalue weighted by atomic mass is 32.7. The Morgan fingerprint density at radius 3 is 2.80 bits per heavy atom. The zero-order valence-electron chi connectivity index (χ0n) is 9.68. The smallest absolute Gasteiger partial charge is 0.133 e. The van der Waals surface area contributed by atoms with Gasteiger partial charge in [0.2, 0.25) is 0 Å². The van der Waals surface area contributed by atoms with E-state index in [0.717, 1.165) is 6.42 Å². The third-order valence-electron chi connectivity index (χ3n) is 2.63. The fraction of sp³-hybridized carbons (Fsp3) is 1.00. The van der Waals surface area contributed by atoms with Crippen LogP contribution in [0.25, 0.3) is 0 Å². The molecule has 0 aliphatic carbocycles. The van der Waals surface area contributed by atoms with Crippen LogP contribution in [0.1, 0.15) is 20.3 Å². The second-order valence-corrected chi connectivity index (χ2v) is 9.38. The molecular formula is C10H21O3PS. The SMILES string of the molecule is CCOC[C@H]1O[C@@H](C)CC1CP(C)(=O)S. The molecule has 1 aliphatic heterocycles. The van der Waals surface area contributed by atoms with E-state index in [1.54, 1.807) is 6.66 Å². The maximum Gasteiger partial charge on any atom is 0.133 e. The summed E-state index contributed by atoms with van der Waals surface area (Å²) in [6.07, 6.45) is -0.285. The summed E-state index contributed by atoms with van der Waals surface area (Å²) < 4.78 is 22.8. The quantitative estimate of drug-likeness (QED) is 0.603. The molecule has 3 nitrogen and oxygen atoms in total. The number of hydrogen-bond acceptors (Lipinski definition) is 3. The van der Waals surface area contributed by atoms with Gasteiger partial charge in [0.05, 0.1) is 18.8 Å². The van der Waals surface area contributed by atoms with Gasteiger partial charge in [0.25, 0.3) is 0 Å². The van der Waals surface area contributed by atoms with Crippen LogP contribution in [0.3, 0.4) is 0 Å². The zero-order valence-corrected chi connectivity index (χ0v) is 11.5. The molecule has 1 rings (SSSR count). The summed E-state index contributed by atoms with van der Waals surface area (Å²) in [4.78, 5) is 0. The summed E-state index contributed by atoms with van der Waals surface area (Å²) in [5.41, 5.74) is 0. The summed E-state index contributed by atoms with van der Waals surface area (Å²) in [5.74, 6) is 0.333. The Kier molecular flexibility index (Phi) is 5.17. The lowest BCUT2D eigenvalue weighted by molar-refractivity contribution is -0.0159. The van der Waals surface area contributed by atoms with Gasteiger partial charge in [-0.2, -0.15) is 0 Å². The highest BCUT2D eigenvalue weighted by Crippen LogP contribution is 2.50. The Morgan fingerprint density at radius 2 is 2.27 bits per heavy atom. The van der Waals surface area contributed by atoms with Crippen LogP contribution in [0.2, 0.25) is 0 Å². The van der Waals surface area contributed by atoms with Crippen molar-refractivity contribution < 1.29 is 14.0 Å². The van der Waals surface area contributed by atoms with Crippen molar-refractivity contribution in [3.8, 4) is 0 Å². The first kappa shape index (κ1) is 13.6. The monoisotopic (exact) mass is 252 g/mol. The summed E-state index contributed by atoms with van der Waals surface area (Å²) >= 11 is 4.15. The Morgan fingerprint density at radius 1 is 1.60 bits per heavy atom. The van der Waals surface area contributed by atoms with Crippen molar-refractivity contribution >= 4 is 18.6 Å². The average molecular weight is 252 g/mol. The molecule has 0 radical (unpaired) electrons. The van der Waals surface area contributed by atoms with Crippen LogP contribution in [0.4, 0.5) is 0 Å². The maximum absolute atomic E-state index is 11.7. The van der Waals surface area contributed by atoms with E-state index in [0.29, 0.717) is 25.3 Å². The summed E-state index contributed by atoms with van der Waals surface area (Å²) in [7, 11) is 0. The molecule has 4 atom stereocenters. The maximum atomic E-state index is 11.7. The Balaban J connectivity index is 2.49. The molecule has 1 saturated heterocycles. The first-order valence-electron chi connectivity index (χ1n) is 5.45. The largest absolute Gasteiger partial charge is 0.379 e. The average Bonchev–Trinajstić information content (AvgIpc) is 2.39. The van der Waals surface area contributed by atoms with Crippen LogP contribution in [-0.2, 0) is 14.0 Å². The van der Waals surface area contributed by atoms with E-state index < -0.39 is 6.34 Å². The minimum absolute atomic E-state index is 0.0976. The van der Waals surface area contributed by atoms with Crippen LogP contribution in [0.15, 0.2) is 0 Å². The summed E-state index contributed by atoms with van der Waals surface area (Å²) in [6, 6.07) is 0. The minimum Gasteiger partial charge on any atom is -0.379 e. The van der Waals surface area contributed by atoms with Crippen LogP contribution in [0, 0.1) is 5.92 Å². The molecule has 0 aromatic rings. The fourth-order valence-electron chi connectivity index (χ4n) is 2.08. The van der Waals surface area contributed by atoms with Crippen molar-refractivity contribution in [1.29, 1.82) is 0 Å². The Hall–Kier alpha value is 0.500. The van der Waals surface area contributed by atoms with E-state index in [1.807, 2.05) is 6.92 Å². The van der Waals surface area contributed by atoms with Gasteiger partial charge in [0.1, 0.15) is 6.34 Å². The molecule has 1 heterocycles. The van der Waals surface area contributed by atoms with Crippen molar-refractivity contribution in [2.24, 2.45) is 5.92 Å². The number of thiol groups is 1. The van der Waals surface area contributed by atoms with Crippen LogP contribution in [-0.4, -0.2) is 38.2 Å². The summed E-state index contributed by atoms with van der Waals surface area (Å²) in [5, 5.41) is 0. The Labute approximate surface area is 97.4 Å². The van der Waals surface area contributed by atoms with Crippen LogP contribution < -0.4 is 0 Å². The zero-order chi connectivity index (χ0) is 11.5. The van der Waals surface area contributed by atoms with Crippen molar-refractivity contribution in [3.63, 3.8) is 0 Å². The van der Waals surface area contributed by atoms with Gasteiger partial charge in [0, 0.05) is 12.8 Å². The Bertz CT molecular complexity index is 241. The predicted octanol–water partition coefficient (Wildman–Crippen LogP) is 2.65. The molecule has 0 saturated carbocycles. The summed E-state index contributed by atoms with van der Waals surface area (Å²) in [6.45, 7) is 7.05. The highest BCUT2D eigenvalue weighted by molar-refractivity contribution is 8.47. The standard InChI is InChI=1S/C10H21O3PS/c1-4-12-6-10-9(5-8(2)13-10)7-14(3,11)15/h8-10H,4-7H2,1-3H3,(H,11,15)/t8-,9?,10+,14?/m0/s1. The molecule has 5 heteroatoms. The number of hydrogen-bond donors (Lipinski definition) is 1. The molecule has 90 valence electrons. The molecule has 0 amide bonds. The molecule has 0 spiro atoms. The van der Waals surface area contributed by atoms with Gasteiger partial charge in [-0.1, -0.05) is 0 Å². The van der Waals surface area contributed by atoms with Gasteiger partial charge < -0.3 is 14.0 Å². The molecule has 0 aromatic heterocycles. The van der Waals surface area contributed by atoms with Gasteiger partial charge in [-0.05, 0) is 32.9 Å². The van der Waals surface area contributed by atoms with E-state index in [4.69, 9.17) is 9.47 Å². The molecule has 2 unspecified atom stereocenters. The second-order valence-electron chi connectivity index (χ2n) is 4.37. The van der Waals surface area contributed by atoms with Gasteiger partial charge in [-0.15, -0.1) is 12.2 Å². The van der Waals surface area contributed by atoms with E-state index in [-0.39, 0.29) is 12.2 Å². The van der Waals surface area contributed by atoms with E-state index >= 15 is 0 Å². The third kappa shape index (κ3) is 4.90. The lowest BCUT2D eigenvalue weighted by atomic mass is 10.0. The van der Waals surface area contributed by atoms with Gasteiger partial charge in [-0.25, -0.2) is 0 Å². The highest BCUT2D eigenvalue weighted by Gasteiger charge is 2.35. The van der Waals surface area contributed by atoms with Crippen molar-refractivity contribution in [1.82, 2.24) is 0 Å². The molecule has 0 N–H and O–H groups in total. The van der Waals surface area contributed by atoms with Crippen LogP contribution in [0.5, 0.6) is 0 Å². The molecule has 0 aromatic carbocycles. The van der Waals surface area contributed by atoms with Crippen molar-refractivity contribution in [2.75, 3.05) is 26.0 Å². The van der Waals surface area contributed by atoms with E-state index in [1.165, 1.54) is 0 Å². The number of rotatable bonds is 5. The van der Waals surface area contributed by atoms with Crippen molar-refractivity contribution in [3.05, 3.63) is 0 Å². The normalized spacial score (nSPS) is 35.3. The minimum atomic E-state index is -2.25. The predicted molar refractivity (Wildman–Crippen MR) is 66.3 cm³/mol. The fourth-order valence-corrected chi connectivity index (χ4v) is 3.96. The second kappa shape index (κ2) is 5.72. The van der Waals surface area contributed by atoms with E-state index in [2.05, 4.69) is 19.2 Å². The van der Waals surface area contributed by atoms with Crippen molar-refractivity contribution in [2.45, 2.75) is 32.5 Å². The lowest BCUT2D eigenvalue weighted by Gasteiger charge is -2.19. The topological polar surface area (TPSA) is 35.5 Å². The van der Waals surface area contributed by atoms with Gasteiger partial charge in [-0.3, -0.25) is 0 Å². The van der Waals surface area contributed by atoms with Crippen LogP contribution >= 0.6 is 18.6 Å². The lowest BCUT2D eigenvalue weighted by Crippen LogP contribution is -2.24. The van der Waals surface area contributed by atoms with E-state index in [9.17, 15) is 4.57 Å². The molecular weight excluding hydrogens is 231 g/mol. The van der Waals surface area contributed by atoms with Gasteiger partial charge in [0.15, 0.2) is 0 Å². The molecule has 1 fully saturated rings. The molecule has 1 aliphatic rings. The number of ether oxygens (including phenoxy) is 2. The molecule has 15 heavy (non-hydrogen) atoms. The molecule has 0 bridgehead atoms. The first-order chi connectivity index (χ1) is 6.92. The third-order valence-corrected chi connectivity index (χ3v) is 4.26. The van der Waals surface area contributed by atoms with Gasteiger partial charge >= 0.3 is 0 Å².